The quantitative estimate of drug-likeness (QED) is 0.332. The van der Waals surface area contributed by atoms with E-state index in [1.165, 1.54) is 18.6 Å². The Morgan fingerprint density at radius 3 is 2.12 bits per heavy atom. The van der Waals surface area contributed by atoms with Crippen molar-refractivity contribution in [1.29, 1.82) is 10.5 Å². The number of aromatic nitrogens is 3. The van der Waals surface area contributed by atoms with Crippen LogP contribution in [0.15, 0.2) is 42.9 Å². The largest absolute Gasteiger partial charge is 0.344 e. The van der Waals surface area contributed by atoms with Crippen LogP contribution in [-0.4, -0.2) is 75.0 Å². The van der Waals surface area contributed by atoms with Crippen molar-refractivity contribution in [2.24, 2.45) is 0 Å². The minimum atomic E-state index is -3.40. The van der Waals surface area contributed by atoms with Crippen molar-refractivity contribution in [3.8, 4) is 12.1 Å². The maximum absolute atomic E-state index is 11.5. The molecule has 0 spiro atoms. The monoisotopic (exact) mass is 624 g/mol. The van der Waals surface area contributed by atoms with Crippen LogP contribution in [0.2, 0.25) is 0 Å². The summed E-state index contributed by atoms with van der Waals surface area (Å²) in [5.74, 6) is 0.0264. The van der Waals surface area contributed by atoms with Crippen molar-refractivity contribution < 1.29 is 35.2 Å². The van der Waals surface area contributed by atoms with Crippen molar-refractivity contribution in [2.45, 2.75) is 20.3 Å². The summed E-state index contributed by atoms with van der Waals surface area (Å²) in [6, 6.07) is 10.4. The summed E-state index contributed by atoms with van der Waals surface area (Å²) < 4.78 is 68.7. The summed E-state index contributed by atoms with van der Waals surface area (Å²) in [5.41, 5.74) is 1.42. The zero-order valence-corrected chi connectivity index (χ0v) is 25.3. The van der Waals surface area contributed by atoms with E-state index in [-0.39, 0.29) is 30.7 Å². The second kappa shape index (κ2) is 14.3. The smallest absolute Gasteiger partial charge is 0.308 e. The Bertz CT molecular complexity index is 1730. The highest BCUT2D eigenvalue weighted by atomic mass is 32.2. The zero-order chi connectivity index (χ0) is 30.8. The van der Waals surface area contributed by atoms with Crippen molar-refractivity contribution in [2.75, 3.05) is 42.7 Å². The van der Waals surface area contributed by atoms with Crippen LogP contribution in [0.25, 0.3) is 11.0 Å². The summed E-state index contributed by atoms with van der Waals surface area (Å²) >= 11 is 0. The zero-order valence-electron chi connectivity index (χ0n) is 22.8. The molecule has 3 aromatic rings. The average Bonchev–Trinajstić information content (AvgIpc) is 3.44. The first kappa shape index (κ1) is 33.5. The second-order valence-corrected chi connectivity index (χ2v) is 14.1. The Hall–Kier alpha value is -3.66. The first-order valence-corrected chi connectivity index (χ1v) is 17.4. The standard InChI is InChI=1S/C10H9N3O2S.C8H8N2O3S.C6H12NO3P/c1-16(14,15)13-7-8(4-5-11)9-3-2-6-12-10(9)13;1-14(12,13)10-5-7(11)6-3-2-4-9-8(6)10;1-3-9-11(8,6-5-7)10-4-2/h2-3,6-7H,4H2,1H3;2-4H,5H2,1H3;3-4,6H2,1-2H3. The van der Waals surface area contributed by atoms with Gasteiger partial charge in [-0.15, -0.1) is 0 Å². The maximum Gasteiger partial charge on any atom is 0.344 e. The molecule has 4 heterocycles. The van der Waals surface area contributed by atoms with Crippen LogP contribution in [0.3, 0.4) is 0 Å². The Kier molecular flexibility index (Phi) is 11.7. The number of fused-ring (bicyclic) bond motifs is 2. The number of rotatable bonds is 8. The van der Waals surface area contributed by atoms with Gasteiger partial charge in [0.05, 0.1) is 56.4 Å². The summed E-state index contributed by atoms with van der Waals surface area (Å²) in [5, 5.41) is 17.6. The number of pyridine rings is 2. The molecule has 0 amide bonds. The second-order valence-electron chi connectivity index (χ2n) is 8.25. The third-order valence-corrected chi connectivity index (χ3v) is 9.10. The molecule has 0 fully saturated rings. The van der Waals surface area contributed by atoms with Crippen LogP contribution in [0, 0.1) is 22.7 Å². The van der Waals surface area contributed by atoms with E-state index in [0.717, 1.165) is 20.8 Å². The van der Waals surface area contributed by atoms with E-state index in [2.05, 4.69) is 9.97 Å². The number of sulfonamides is 1. The topological polar surface area (TPSA) is 202 Å². The number of ketones is 1. The van der Waals surface area contributed by atoms with E-state index in [0.29, 0.717) is 35.4 Å². The molecule has 0 N–H and O–H groups in total. The van der Waals surface area contributed by atoms with Crippen molar-refractivity contribution in [3.05, 3.63) is 54.0 Å². The SMILES string of the molecule is CCOP(=O)(CC#N)OCC.CS(=O)(=O)N1CC(=O)c2cccnc21.CS(=O)(=O)n1cc(CC#N)c2cccnc21. The Morgan fingerprint density at radius 2 is 1.59 bits per heavy atom. The van der Waals surface area contributed by atoms with Gasteiger partial charge in [0, 0.05) is 24.0 Å². The van der Waals surface area contributed by atoms with Gasteiger partial charge in [-0.2, -0.15) is 10.5 Å². The molecule has 4 rings (SSSR count). The lowest BCUT2D eigenvalue weighted by molar-refractivity contribution is 0.101. The lowest BCUT2D eigenvalue weighted by Gasteiger charge is -2.13. The van der Waals surface area contributed by atoms with Gasteiger partial charge in [-0.25, -0.2) is 35.1 Å². The van der Waals surface area contributed by atoms with Crippen LogP contribution in [-0.2, 0) is 40.1 Å². The number of anilines is 1. The maximum atomic E-state index is 11.5. The molecule has 220 valence electrons. The van der Waals surface area contributed by atoms with Gasteiger partial charge < -0.3 is 9.05 Å². The van der Waals surface area contributed by atoms with Gasteiger partial charge >= 0.3 is 7.60 Å². The minimum absolute atomic E-state index is 0.134. The molecule has 0 unspecified atom stereocenters. The first-order valence-electron chi connectivity index (χ1n) is 12.0. The third kappa shape index (κ3) is 8.91. The van der Waals surface area contributed by atoms with E-state index in [4.69, 9.17) is 19.6 Å². The fraction of sp³-hybridized carbons (Fsp3) is 0.375. The molecule has 0 saturated carbocycles. The minimum Gasteiger partial charge on any atom is -0.308 e. The van der Waals surface area contributed by atoms with Crippen molar-refractivity contribution >= 4 is 50.3 Å². The number of Topliss-reactive ketones (excluding diaryl/α,β-unsaturated/α-hetero) is 1. The Morgan fingerprint density at radius 1 is 0.976 bits per heavy atom. The van der Waals surface area contributed by atoms with Crippen LogP contribution < -0.4 is 4.31 Å². The summed E-state index contributed by atoms with van der Waals surface area (Å²) in [4.78, 5) is 19.3. The number of nitriles is 2. The predicted molar refractivity (Wildman–Crippen MR) is 151 cm³/mol. The summed E-state index contributed by atoms with van der Waals surface area (Å²) in [6.45, 7) is 3.90. The molecule has 0 aromatic carbocycles. The van der Waals surface area contributed by atoms with Gasteiger partial charge in [-0.1, -0.05) is 0 Å². The Balaban J connectivity index is 0.000000220. The van der Waals surface area contributed by atoms with E-state index in [1.54, 1.807) is 44.2 Å². The molecule has 3 aromatic heterocycles. The number of carbonyl (C=O) groups excluding carboxylic acids is 1. The van der Waals surface area contributed by atoms with Crippen LogP contribution in [0.1, 0.15) is 29.8 Å². The van der Waals surface area contributed by atoms with Gasteiger partial charge in [0.25, 0.3) is 0 Å². The molecule has 0 radical (unpaired) electrons. The molecule has 1 aliphatic rings. The third-order valence-electron chi connectivity index (χ3n) is 5.17. The lowest BCUT2D eigenvalue weighted by Crippen LogP contribution is -2.29. The van der Waals surface area contributed by atoms with Crippen LogP contribution in [0.5, 0.6) is 0 Å². The van der Waals surface area contributed by atoms with E-state index in [9.17, 15) is 26.2 Å². The highest BCUT2D eigenvalue weighted by Crippen LogP contribution is 2.47. The lowest BCUT2D eigenvalue weighted by atomic mass is 10.2. The molecule has 0 aliphatic carbocycles. The number of hydrogen-bond donors (Lipinski definition) is 0. The molecule has 17 heteroatoms. The molecule has 0 atom stereocenters. The molecule has 1 aliphatic heterocycles. The Labute approximate surface area is 238 Å². The normalized spacial score (nSPS) is 12.8. The van der Waals surface area contributed by atoms with E-state index < -0.39 is 27.6 Å². The number of hydrogen-bond acceptors (Lipinski definition) is 12. The van der Waals surface area contributed by atoms with Crippen LogP contribution in [0.4, 0.5) is 5.82 Å². The first-order chi connectivity index (χ1) is 19.2. The van der Waals surface area contributed by atoms with Crippen molar-refractivity contribution in [3.63, 3.8) is 0 Å². The van der Waals surface area contributed by atoms with Gasteiger partial charge in [0.15, 0.2) is 17.2 Å². The number of nitrogens with zero attached hydrogens (tertiary/aromatic N) is 6. The van der Waals surface area contributed by atoms with Crippen LogP contribution >= 0.6 is 7.60 Å². The van der Waals surface area contributed by atoms with Crippen molar-refractivity contribution in [1.82, 2.24) is 13.9 Å². The number of carbonyl (C=O) groups is 1. The van der Waals surface area contributed by atoms with E-state index in [1.807, 2.05) is 6.07 Å². The average molecular weight is 625 g/mol. The van der Waals surface area contributed by atoms with Gasteiger partial charge in [0.1, 0.15) is 6.16 Å². The van der Waals surface area contributed by atoms with Gasteiger partial charge in [-0.05, 0) is 43.7 Å². The van der Waals surface area contributed by atoms with E-state index >= 15 is 0 Å². The summed E-state index contributed by atoms with van der Waals surface area (Å²) in [7, 11) is -9.86. The molecule has 14 nitrogen and oxygen atoms in total. The fourth-order valence-corrected chi connectivity index (χ4v) is 6.37. The molecular weight excluding hydrogens is 595 g/mol. The fourth-order valence-electron chi connectivity index (χ4n) is 3.56. The molecule has 41 heavy (non-hydrogen) atoms. The van der Waals surface area contributed by atoms with Gasteiger partial charge in [0.2, 0.25) is 20.0 Å². The van der Waals surface area contributed by atoms with Gasteiger partial charge in [-0.3, -0.25) is 9.36 Å². The predicted octanol–water partition coefficient (Wildman–Crippen LogP) is 2.73. The highest BCUT2D eigenvalue weighted by molar-refractivity contribution is 7.92. The summed E-state index contributed by atoms with van der Waals surface area (Å²) in [6.07, 6.45) is 6.62. The molecule has 0 saturated heterocycles. The molecule has 0 bridgehead atoms. The molecular formula is C24H29N6O8PS2. The highest BCUT2D eigenvalue weighted by Gasteiger charge is 2.33.